The van der Waals surface area contributed by atoms with Crippen LogP contribution in [0.3, 0.4) is 0 Å². The van der Waals surface area contributed by atoms with E-state index in [1.165, 1.54) is 95.2 Å². The van der Waals surface area contributed by atoms with Crippen molar-refractivity contribution in [3.63, 3.8) is 0 Å². The van der Waals surface area contributed by atoms with E-state index in [2.05, 4.69) is 28.6 Å². The third kappa shape index (κ3) is 32.7. The van der Waals surface area contributed by atoms with Crippen LogP contribution in [-0.2, 0) is 0 Å². The van der Waals surface area contributed by atoms with E-state index in [-0.39, 0.29) is 0 Å². The van der Waals surface area contributed by atoms with Crippen LogP contribution in [-0.4, -0.2) is 37.1 Å². The number of halogens is 1. The van der Waals surface area contributed by atoms with E-state index in [9.17, 15) is 0 Å². The molecular weight excluding hydrogens is 354 g/mol. The molecule has 0 aliphatic heterocycles. The van der Waals surface area contributed by atoms with Crippen LogP contribution in [0.1, 0.15) is 89.9 Å². The average molecular weight is 397 g/mol. The first kappa shape index (κ1) is 25.0. The second-order valence-electron chi connectivity index (χ2n) is 6.70. The zero-order chi connectivity index (χ0) is 16.9. The molecule has 3 heteroatoms. The first-order chi connectivity index (χ1) is 10.6. The molecule has 0 bridgehead atoms. The second kappa shape index (κ2) is 24.0. The van der Waals surface area contributed by atoms with Crippen LogP contribution in [0.4, 0.5) is 0 Å². The summed E-state index contributed by atoms with van der Waals surface area (Å²) in [6, 6.07) is 0. The molecule has 0 spiro atoms. The van der Waals surface area contributed by atoms with Crippen molar-refractivity contribution in [2.75, 3.05) is 32.2 Å². The molecule has 0 aromatic heterocycles. The Balaban J connectivity index is 0. The van der Waals surface area contributed by atoms with Gasteiger partial charge in [-0.3, -0.25) is 0 Å². The van der Waals surface area contributed by atoms with E-state index in [4.69, 9.17) is 0 Å². The van der Waals surface area contributed by atoms with Gasteiger partial charge in [-0.05, 0) is 39.7 Å². The van der Waals surface area contributed by atoms with Crippen molar-refractivity contribution in [1.82, 2.24) is 4.90 Å². The largest absolute Gasteiger partial charge is 0.312 e. The number of hydrogen-bond donors (Lipinski definition) is 1. The average Bonchev–Trinajstić information content (AvgIpc) is 2.47. The fourth-order valence-electron chi connectivity index (χ4n) is 2.33. The van der Waals surface area contributed by atoms with E-state index < -0.39 is 0 Å². The number of unbranched alkanes of at least 4 members (excludes halogenated alkanes) is 13. The van der Waals surface area contributed by atoms with Gasteiger partial charge in [0.2, 0.25) is 0 Å². The lowest BCUT2D eigenvalue weighted by atomic mass is 10.0. The minimum atomic E-state index is 1.07. The highest BCUT2D eigenvalue weighted by atomic mass is 79.9. The Morgan fingerprint density at radius 3 is 1.00 bits per heavy atom. The molecule has 0 unspecified atom stereocenters. The fraction of sp³-hybridized carbons (Fsp3) is 1.00. The predicted molar refractivity (Wildman–Crippen MR) is 112 cm³/mol. The third-order valence-corrected chi connectivity index (χ3v) is 4.42. The van der Waals surface area contributed by atoms with Crippen LogP contribution in [0.15, 0.2) is 0 Å². The van der Waals surface area contributed by atoms with Gasteiger partial charge >= 0.3 is 0 Å². The molecule has 0 saturated heterocycles. The van der Waals surface area contributed by atoms with Gasteiger partial charge < -0.3 is 4.90 Å². The van der Waals surface area contributed by atoms with Gasteiger partial charge in [0.15, 0.2) is 0 Å². The van der Waals surface area contributed by atoms with E-state index in [0.717, 1.165) is 5.75 Å². The SMILES string of the molecule is CN(C)C.SCCCCCCCCCCCCCCCCBr. The Bertz CT molecular complexity index is 158. The molecule has 0 aromatic carbocycles. The van der Waals surface area contributed by atoms with Crippen molar-refractivity contribution in [3.05, 3.63) is 0 Å². The van der Waals surface area contributed by atoms with Crippen molar-refractivity contribution in [2.24, 2.45) is 0 Å². The van der Waals surface area contributed by atoms with Gasteiger partial charge in [0.25, 0.3) is 0 Å². The predicted octanol–water partition coefficient (Wildman–Crippen LogP) is 6.95. The van der Waals surface area contributed by atoms with Crippen molar-refractivity contribution in [3.8, 4) is 0 Å². The summed E-state index contributed by atoms with van der Waals surface area (Å²) in [6.45, 7) is 0. The molecule has 0 heterocycles. The zero-order valence-corrected chi connectivity index (χ0v) is 18.1. The summed E-state index contributed by atoms with van der Waals surface area (Å²) >= 11 is 7.72. The van der Waals surface area contributed by atoms with Crippen LogP contribution < -0.4 is 0 Å². The van der Waals surface area contributed by atoms with Crippen LogP contribution in [0, 0.1) is 0 Å². The molecule has 0 fully saturated rings. The van der Waals surface area contributed by atoms with E-state index in [1.54, 1.807) is 0 Å². The smallest absolute Gasteiger partial charge is 0.00313 e. The van der Waals surface area contributed by atoms with Crippen LogP contribution in [0.25, 0.3) is 0 Å². The Morgan fingerprint density at radius 1 is 0.545 bits per heavy atom. The van der Waals surface area contributed by atoms with E-state index in [0.29, 0.717) is 0 Å². The fourth-order valence-corrected chi connectivity index (χ4v) is 2.95. The lowest BCUT2D eigenvalue weighted by Crippen LogP contribution is -1.99. The third-order valence-electron chi connectivity index (χ3n) is 3.54. The number of thiol groups is 1. The summed E-state index contributed by atoms with van der Waals surface area (Å²) in [5, 5.41) is 1.18. The van der Waals surface area contributed by atoms with Gasteiger partial charge in [-0.25, -0.2) is 0 Å². The highest BCUT2D eigenvalue weighted by molar-refractivity contribution is 9.09. The summed E-state index contributed by atoms with van der Waals surface area (Å²) in [4.78, 5) is 2.00. The number of hydrogen-bond acceptors (Lipinski definition) is 2. The maximum Gasteiger partial charge on any atom is 0.00313 e. The maximum absolute atomic E-state index is 4.24. The minimum absolute atomic E-state index is 1.07. The van der Waals surface area contributed by atoms with Gasteiger partial charge in [0.1, 0.15) is 0 Å². The molecule has 0 rings (SSSR count). The van der Waals surface area contributed by atoms with E-state index >= 15 is 0 Å². The monoisotopic (exact) mass is 395 g/mol. The molecule has 0 saturated carbocycles. The van der Waals surface area contributed by atoms with Crippen LogP contribution in [0.2, 0.25) is 0 Å². The minimum Gasteiger partial charge on any atom is -0.312 e. The Hall–Kier alpha value is 0.790. The van der Waals surface area contributed by atoms with Gasteiger partial charge in [0.05, 0.1) is 0 Å². The molecule has 0 N–H and O–H groups in total. The highest BCUT2D eigenvalue weighted by Crippen LogP contribution is 2.13. The first-order valence-electron chi connectivity index (χ1n) is 9.43. The van der Waals surface area contributed by atoms with E-state index in [1.807, 2.05) is 26.0 Å². The summed E-state index contributed by atoms with van der Waals surface area (Å²) in [5.41, 5.74) is 0. The molecule has 0 radical (unpaired) electrons. The Morgan fingerprint density at radius 2 is 0.773 bits per heavy atom. The summed E-state index contributed by atoms with van der Waals surface area (Å²) in [5.74, 6) is 1.07. The highest BCUT2D eigenvalue weighted by Gasteiger charge is 1.93. The van der Waals surface area contributed by atoms with Crippen LogP contribution >= 0.6 is 28.6 Å². The summed E-state index contributed by atoms with van der Waals surface area (Å²) < 4.78 is 0. The lowest BCUT2D eigenvalue weighted by molar-refractivity contribution is 0.505. The van der Waals surface area contributed by atoms with Gasteiger partial charge in [0, 0.05) is 5.33 Å². The molecule has 22 heavy (non-hydrogen) atoms. The molecule has 0 amide bonds. The molecule has 0 aliphatic carbocycles. The van der Waals surface area contributed by atoms with Crippen molar-refractivity contribution in [1.29, 1.82) is 0 Å². The molecule has 136 valence electrons. The maximum atomic E-state index is 4.24. The molecular formula is C19H42BrNS. The molecule has 1 nitrogen and oxygen atoms in total. The topological polar surface area (TPSA) is 3.24 Å². The number of nitrogens with zero attached hydrogens (tertiary/aromatic N) is 1. The zero-order valence-electron chi connectivity index (χ0n) is 15.6. The van der Waals surface area contributed by atoms with Gasteiger partial charge in [-0.15, -0.1) is 0 Å². The van der Waals surface area contributed by atoms with Crippen molar-refractivity contribution in [2.45, 2.75) is 89.9 Å². The van der Waals surface area contributed by atoms with Crippen molar-refractivity contribution >= 4 is 28.6 Å². The van der Waals surface area contributed by atoms with Gasteiger partial charge in [-0.1, -0.05) is 93.0 Å². The first-order valence-corrected chi connectivity index (χ1v) is 11.2. The molecule has 0 atom stereocenters. The second-order valence-corrected chi connectivity index (χ2v) is 7.94. The Labute approximate surface area is 155 Å². The standard InChI is InChI=1S/C16H33BrS.C3H9N/c17-15-13-11-9-7-5-3-1-2-4-6-8-10-12-14-16-18;1-4(2)3/h18H,1-16H2;1-3H3. The lowest BCUT2D eigenvalue weighted by Gasteiger charge is -2.02. The number of rotatable bonds is 15. The van der Waals surface area contributed by atoms with Crippen LogP contribution in [0.5, 0.6) is 0 Å². The molecule has 0 aliphatic rings. The van der Waals surface area contributed by atoms with Crippen molar-refractivity contribution < 1.29 is 0 Å². The summed E-state index contributed by atoms with van der Waals surface area (Å²) in [6.07, 6.45) is 20.0. The number of alkyl halides is 1. The summed E-state index contributed by atoms with van der Waals surface area (Å²) in [7, 11) is 6.00. The Kier molecular flexibility index (Phi) is 27.4. The normalized spacial score (nSPS) is 10.6. The van der Waals surface area contributed by atoms with Gasteiger partial charge in [-0.2, -0.15) is 12.6 Å². The quantitative estimate of drug-likeness (QED) is 0.178. The molecule has 0 aromatic rings.